The van der Waals surface area contributed by atoms with Crippen LogP contribution in [0, 0.1) is 0 Å². The Morgan fingerprint density at radius 2 is 2.07 bits per heavy atom. The normalized spacial score (nSPS) is 24.5. The first kappa shape index (κ1) is 20.6. The predicted molar refractivity (Wildman–Crippen MR) is 106 cm³/mol. The van der Waals surface area contributed by atoms with Gasteiger partial charge in [-0.05, 0) is 24.5 Å². The fourth-order valence-corrected chi connectivity index (χ4v) is 4.01. The van der Waals surface area contributed by atoms with Crippen LogP contribution in [0.3, 0.4) is 0 Å². The Morgan fingerprint density at radius 1 is 1.29 bits per heavy atom. The fraction of sp³-hybridized carbons (Fsp3) is 0.619. The molecule has 7 heteroatoms. The van der Waals surface area contributed by atoms with E-state index >= 15 is 0 Å². The van der Waals surface area contributed by atoms with Crippen LogP contribution in [0.15, 0.2) is 24.3 Å². The fourth-order valence-electron chi connectivity index (χ4n) is 4.01. The maximum absolute atomic E-state index is 12.4. The Morgan fingerprint density at radius 3 is 2.82 bits per heavy atom. The third-order valence-electron chi connectivity index (χ3n) is 5.57. The van der Waals surface area contributed by atoms with Gasteiger partial charge in [0, 0.05) is 45.7 Å². The lowest BCUT2D eigenvalue weighted by Crippen LogP contribution is -2.47. The first-order valence-corrected chi connectivity index (χ1v) is 9.93. The number of nitrogens with one attached hydrogen (secondary N) is 1. The van der Waals surface area contributed by atoms with Crippen molar-refractivity contribution in [2.45, 2.75) is 43.9 Å². The van der Waals surface area contributed by atoms with Gasteiger partial charge in [-0.25, -0.2) is 0 Å². The van der Waals surface area contributed by atoms with Crippen molar-refractivity contribution in [1.29, 1.82) is 0 Å². The van der Waals surface area contributed by atoms with Crippen molar-refractivity contribution in [3.8, 4) is 5.75 Å². The van der Waals surface area contributed by atoms with Gasteiger partial charge in [0.15, 0.2) is 0 Å². The second-order valence-electron chi connectivity index (χ2n) is 7.87. The van der Waals surface area contributed by atoms with E-state index in [0.717, 1.165) is 30.8 Å². The minimum atomic E-state index is -0.0638. The summed E-state index contributed by atoms with van der Waals surface area (Å²) in [5, 5.41) is 3.16. The standard InChI is InChI=1S/C21H31N3O4/c1-23(2)21(26)11-18-13-24-12-16(10-17(24)14-28-18)22-20(25)9-8-15-6-4-5-7-19(15)27-3/h4-7,16-18H,8-14H2,1-3H3,(H,22,25)/t16-,17+,18+/m1/s1. The maximum atomic E-state index is 12.4. The molecular weight excluding hydrogens is 358 g/mol. The highest BCUT2D eigenvalue weighted by Gasteiger charge is 2.38. The molecule has 0 aliphatic carbocycles. The number of hydrogen-bond acceptors (Lipinski definition) is 5. The van der Waals surface area contributed by atoms with Crippen LogP contribution in [0.25, 0.3) is 0 Å². The maximum Gasteiger partial charge on any atom is 0.224 e. The molecule has 0 saturated carbocycles. The van der Waals surface area contributed by atoms with E-state index in [4.69, 9.17) is 9.47 Å². The molecule has 0 aromatic heterocycles. The van der Waals surface area contributed by atoms with Gasteiger partial charge in [0.1, 0.15) is 5.75 Å². The Bertz CT molecular complexity index is 694. The zero-order valence-corrected chi connectivity index (χ0v) is 17.0. The quantitative estimate of drug-likeness (QED) is 0.755. The molecule has 2 amide bonds. The Balaban J connectivity index is 1.44. The van der Waals surface area contributed by atoms with Gasteiger partial charge in [-0.15, -0.1) is 0 Å². The topological polar surface area (TPSA) is 71.1 Å². The molecule has 154 valence electrons. The van der Waals surface area contributed by atoms with Gasteiger partial charge < -0.3 is 19.7 Å². The highest BCUT2D eigenvalue weighted by Crippen LogP contribution is 2.25. The van der Waals surface area contributed by atoms with E-state index in [2.05, 4.69) is 10.2 Å². The van der Waals surface area contributed by atoms with Gasteiger partial charge in [-0.3, -0.25) is 14.5 Å². The molecule has 0 unspecified atom stereocenters. The van der Waals surface area contributed by atoms with Gasteiger partial charge in [0.25, 0.3) is 0 Å². The average molecular weight is 389 g/mol. The summed E-state index contributed by atoms with van der Waals surface area (Å²) in [5.41, 5.74) is 1.05. The summed E-state index contributed by atoms with van der Waals surface area (Å²) in [6, 6.07) is 8.27. The minimum absolute atomic E-state index is 0.0638. The summed E-state index contributed by atoms with van der Waals surface area (Å²) in [6.45, 7) is 2.19. The smallest absolute Gasteiger partial charge is 0.224 e. The van der Waals surface area contributed by atoms with E-state index in [1.165, 1.54) is 0 Å². The first-order chi connectivity index (χ1) is 13.5. The van der Waals surface area contributed by atoms with E-state index in [0.29, 0.717) is 31.9 Å². The van der Waals surface area contributed by atoms with Crippen LogP contribution >= 0.6 is 0 Å². The third kappa shape index (κ3) is 5.23. The van der Waals surface area contributed by atoms with Crippen LogP contribution in [0.2, 0.25) is 0 Å². The molecule has 3 atom stereocenters. The molecule has 2 aliphatic heterocycles. The highest BCUT2D eigenvalue weighted by molar-refractivity contribution is 5.77. The number of fused-ring (bicyclic) bond motifs is 1. The van der Waals surface area contributed by atoms with Gasteiger partial charge in [-0.2, -0.15) is 0 Å². The van der Waals surface area contributed by atoms with E-state index in [1.54, 1.807) is 26.1 Å². The number of carbonyl (C=O) groups excluding carboxylic acids is 2. The number of methoxy groups -OCH3 is 1. The molecule has 2 saturated heterocycles. The van der Waals surface area contributed by atoms with E-state index in [1.807, 2.05) is 24.3 Å². The van der Waals surface area contributed by atoms with Gasteiger partial charge >= 0.3 is 0 Å². The second-order valence-corrected chi connectivity index (χ2v) is 7.87. The summed E-state index contributed by atoms with van der Waals surface area (Å²) in [5.74, 6) is 0.976. The van der Waals surface area contributed by atoms with Crippen molar-refractivity contribution in [3.05, 3.63) is 29.8 Å². The van der Waals surface area contributed by atoms with Crippen molar-refractivity contribution in [3.63, 3.8) is 0 Å². The summed E-state index contributed by atoms with van der Waals surface area (Å²) < 4.78 is 11.2. The summed E-state index contributed by atoms with van der Waals surface area (Å²) in [4.78, 5) is 28.3. The van der Waals surface area contributed by atoms with Crippen molar-refractivity contribution in [1.82, 2.24) is 15.1 Å². The lowest BCUT2D eigenvalue weighted by Gasteiger charge is -2.35. The Labute approximate surface area is 167 Å². The molecule has 1 aromatic carbocycles. The molecule has 0 spiro atoms. The summed E-state index contributed by atoms with van der Waals surface area (Å²) in [7, 11) is 5.18. The number of rotatable bonds is 7. The number of para-hydroxylation sites is 1. The summed E-state index contributed by atoms with van der Waals surface area (Å²) >= 11 is 0. The van der Waals surface area contributed by atoms with Crippen LogP contribution in [0.4, 0.5) is 0 Å². The monoisotopic (exact) mass is 389 g/mol. The number of aryl methyl sites for hydroxylation is 1. The highest BCUT2D eigenvalue weighted by atomic mass is 16.5. The van der Waals surface area contributed by atoms with Crippen molar-refractivity contribution >= 4 is 11.8 Å². The molecular formula is C21H31N3O4. The number of carbonyl (C=O) groups is 2. The largest absolute Gasteiger partial charge is 0.496 e. The van der Waals surface area contributed by atoms with Gasteiger partial charge in [-0.1, -0.05) is 18.2 Å². The molecule has 7 nitrogen and oxygen atoms in total. The zero-order chi connectivity index (χ0) is 20.1. The van der Waals surface area contributed by atoms with Crippen LogP contribution in [0.5, 0.6) is 5.75 Å². The molecule has 0 bridgehead atoms. The number of amides is 2. The molecule has 0 radical (unpaired) electrons. The number of benzene rings is 1. The predicted octanol–water partition coefficient (Wildman–Crippen LogP) is 1.06. The molecule has 1 aromatic rings. The number of ether oxygens (including phenoxy) is 2. The Kier molecular flexibility index (Phi) is 6.91. The molecule has 2 heterocycles. The van der Waals surface area contributed by atoms with Gasteiger partial charge in [0.2, 0.25) is 11.8 Å². The van der Waals surface area contributed by atoms with Crippen LogP contribution in [-0.2, 0) is 20.7 Å². The van der Waals surface area contributed by atoms with Crippen molar-refractivity contribution in [2.24, 2.45) is 0 Å². The zero-order valence-electron chi connectivity index (χ0n) is 17.0. The molecule has 2 fully saturated rings. The van der Waals surface area contributed by atoms with E-state index in [-0.39, 0.29) is 24.0 Å². The molecule has 28 heavy (non-hydrogen) atoms. The SMILES string of the molecule is COc1ccccc1CCC(=O)N[C@@H]1C[C@H]2CO[C@@H](CC(=O)N(C)C)CN2C1. The Hall–Kier alpha value is -2.12. The van der Waals surface area contributed by atoms with Crippen LogP contribution in [-0.4, -0.2) is 80.7 Å². The molecule has 1 N–H and O–H groups in total. The van der Waals surface area contributed by atoms with E-state index in [9.17, 15) is 9.59 Å². The number of hydrogen-bond donors (Lipinski definition) is 1. The van der Waals surface area contributed by atoms with Gasteiger partial charge in [0.05, 0.1) is 26.2 Å². The van der Waals surface area contributed by atoms with Crippen molar-refractivity contribution < 1.29 is 19.1 Å². The molecule has 2 aliphatic rings. The molecule has 3 rings (SSSR count). The summed E-state index contributed by atoms with van der Waals surface area (Å²) in [6.07, 6.45) is 2.35. The van der Waals surface area contributed by atoms with Crippen molar-refractivity contribution in [2.75, 3.05) is 40.9 Å². The first-order valence-electron chi connectivity index (χ1n) is 9.93. The lowest BCUT2D eigenvalue weighted by atomic mass is 10.1. The second kappa shape index (κ2) is 9.39. The average Bonchev–Trinajstić information content (AvgIpc) is 3.07. The lowest BCUT2D eigenvalue weighted by molar-refractivity contribution is -0.134. The minimum Gasteiger partial charge on any atom is -0.496 e. The number of nitrogens with zero attached hydrogens (tertiary/aromatic N) is 2. The van der Waals surface area contributed by atoms with Crippen LogP contribution in [0.1, 0.15) is 24.8 Å². The number of morpholine rings is 1. The third-order valence-corrected chi connectivity index (χ3v) is 5.57. The van der Waals surface area contributed by atoms with E-state index < -0.39 is 0 Å². The van der Waals surface area contributed by atoms with Crippen LogP contribution < -0.4 is 10.1 Å².